The van der Waals surface area contributed by atoms with Crippen molar-refractivity contribution in [2.45, 2.75) is 84.5 Å². The summed E-state index contributed by atoms with van der Waals surface area (Å²) >= 11 is 2.10. The summed E-state index contributed by atoms with van der Waals surface area (Å²) in [6.45, 7) is 19.3. The van der Waals surface area contributed by atoms with Gasteiger partial charge in [0.2, 0.25) is 0 Å². The number of aryl methyl sites for hydroxylation is 1. The van der Waals surface area contributed by atoms with Gasteiger partial charge in [-0.2, -0.15) is 11.3 Å². The molecule has 3 heterocycles. The lowest BCUT2D eigenvalue weighted by molar-refractivity contribution is 0.339. The van der Waals surface area contributed by atoms with Gasteiger partial charge in [0.15, 0.2) is 0 Å². The van der Waals surface area contributed by atoms with Gasteiger partial charge >= 0.3 is 0 Å². The summed E-state index contributed by atoms with van der Waals surface area (Å²) < 4.78 is 1.48. The van der Waals surface area contributed by atoms with Gasteiger partial charge in [0.1, 0.15) is 0 Å². The van der Waals surface area contributed by atoms with E-state index in [1.165, 1.54) is 96.0 Å². The summed E-state index contributed by atoms with van der Waals surface area (Å²) in [5, 5.41) is 0. The zero-order chi connectivity index (χ0) is 39.4. The van der Waals surface area contributed by atoms with E-state index < -0.39 is 0 Å². The highest BCUT2D eigenvalue weighted by atomic mass is 32.1. The molecule has 0 unspecified atom stereocenters. The van der Waals surface area contributed by atoms with Gasteiger partial charge in [0, 0.05) is 38.0 Å². The minimum Gasteiger partial charge on any atom is -0.311 e. The summed E-state index contributed by atoms with van der Waals surface area (Å²) in [7, 11) is 0. The molecule has 0 bridgehead atoms. The molecule has 0 spiro atoms. The molecule has 7 aromatic rings. The number of rotatable bonds is 4. The van der Waals surface area contributed by atoms with Crippen LogP contribution in [0.15, 0.2) is 140 Å². The van der Waals surface area contributed by atoms with Gasteiger partial charge in [-0.1, -0.05) is 152 Å². The average molecular weight is 759 g/mol. The Morgan fingerprint density at radius 3 is 1.88 bits per heavy atom. The van der Waals surface area contributed by atoms with Crippen molar-refractivity contribution in [1.29, 1.82) is 0 Å². The number of para-hydroxylation sites is 1. The van der Waals surface area contributed by atoms with E-state index in [9.17, 15) is 0 Å². The quantitative estimate of drug-likeness (QED) is 0.165. The Balaban J connectivity index is 1.32. The fourth-order valence-electron chi connectivity index (χ4n) is 9.89. The van der Waals surface area contributed by atoms with Gasteiger partial charge in [-0.15, -0.1) is 0 Å². The SMILES string of the molecule is Cc1cc2c3c(c1)N(c1ccc(C(C)(C)C)cc1)c1c(sc4c1C(C)(C)CCC4(C)C)B3c1ccc(-c3ccccc3)cc1N2c1ccccc1-c1ccccc1. The highest BCUT2D eigenvalue weighted by Gasteiger charge is 2.50. The molecule has 2 nitrogen and oxygen atoms in total. The molecule has 6 aromatic carbocycles. The van der Waals surface area contributed by atoms with Crippen LogP contribution in [0.1, 0.15) is 82.9 Å². The molecular weight excluding hydrogens is 707 g/mol. The Kier molecular flexibility index (Phi) is 8.13. The lowest BCUT2D eigenvalue weighted by Gasteiger charge is -2.45. The standard InChI is InChI=1S/C53H51BN2S/c1-34-31-44-47-45(32-34)56(42-22-16-15-21-40(42)36-19-13-10-14-20-36)43-33-37(35-17-11-9-12-18-35)23-28-41(43)54(47)50-48(46-49(57-50)53(7,8)30-29-52(46,5)6)55(44)39-26-24-38(25-27-39)51(2,3)4/h9-28,31-33H,29-30H2,1-8H3. The van der Waals surface area contributed by atoms with Crippen LogP contribution >= 0.6 is 11.3 Å². The molecule has 0 saturated carbocycles. The topological polar surface area (TPSA) is 6.48 Å². The van der Waals surface area contributed by atoms with Crippen molar-refractivity contribution in [1.82, 2.24) is 0 Å². The summed E-state index contributed by atoms with van der Waals surface area (Å²) in [4.78, 5) is 6.83. The van der Waals surface area contributed by atoms with E-state index in [2.05, 4.69) is 216 Å². The zero-order valence-corrected chi connectivity index (χ0v) is 35.4. The van der Waals surface area contributed by atoms with Gasteiger partial charge < -0.3 is 9.80 Å². The van der Waals surface area contributed by atoms with Crippen molar-refractivity contribution in [3.05, 3.63) is 161 Å². The van der Waals surface area contributed by atoms with Crippen LogP contribution in [0.3, 0.4) is 0 Å². The monoisotopic (exact) mass is 758 g/mol. The number of hydrogen-bond acceptors (Lipinski definition) is 3. The Bertz CT molecular complexity index is 2680. The molecule has 282 valence electrons. The molecule has 3 aliphatic rings. The molecule has 1 aromatic heterocycles. The number of fused-ring (bicyclic) bond motifs is 6. The summed E-state index contributed by atoms with van der Waals surface area (Å²) in [6.07, 6.45) is 2.36. The van der Waals surface area contributed by atoms with Gasteiger partial charge in [-0.05, 0) is 117 Å². The van der Waals surface area contributed by atoms with Crippen LogP contribution in [-0.4, -0.2) is 6.71 Å². The van der Waals surface area contributed by atoms with E-state index in [0.717, 1.165) is 0 Å². The predicted octanol–water partition coefficient (Wildman–Crippen LogP) is 13.1. The van der Waals surface area contributed by atoms with Crippen LogP contribution in [0.2, 0.25) is 0 Å². The van der Waals surface area contributed by atoms with Crippen LogP contribution in [0.4, 0.5) is 34.1 Å². The first kappa shape index (κ1) is 36.1. The number of benzene rings is 6. The van der Waals surface area contributed by atoms with Gasteiger partial charge in [0.05, 0.1) is 11.4 Å². The fourth-order valence-corrected chi connectivity index (χ4v) is 11.6. The Labute approximate surface area is 343 Å². The van der Waals surface area contributed by atoms with Crippen molar-refractivity contribution in [2.75, 3.05) is 9.80 Å². The second-order valence-electron chi connectivity index (χ2n) is 18.9. The van der Waals surface area contributed by atoms with Crippen LogP contribution < -0.4 is 25.5 Å². The third kappa shape index (κ3) is 5.66. The first-order valence-electron chi connectivity index (χ1n) is 20.7. The lowest BCUT2D eigenvalue weighted by atomic mass is 9.36. The normalized spacial score (nSPS) is 16.1. The smallest absolute Gasteiger partial charge is 0.264 e. The number of hydrogen-bond donors (Lipinski definition) is 0. The molecule has 57 heavy (non-hydrogen) atoms. The van der Waals surface area contributed by atoms with Crippen LogP contribution in [-0.2, 0) is 16.2 Å². The highest BCUT2D eigenvalue weighted by molar-refractivity contribution is 7.29. The zero-order valence-electron chi connectivity index (χ0n) is 34.6. The molecule has 0 amide bonds. The van der Waals surface area contributed by atoms with Crippen LogP contribution in [0.25, 0.3) is 22.3 Å². The van der Waals surface area contributed by atoms with Crippen LogP contribution in [0.5, 0.6) is 0 Å². The first-order valence-corrected chi connectivity index (χ1v) is 21.5. The van der Waals surface area contributed by atoms with Gasteiger partial charge in [0.25, 0.3) is 6.71 Å². The molecule has 0 radical (unpaired) electrons. The van der Waals surface area contributed by atoms with E-state index >= 15 is 0 Å². The van der Waals surface area contributed by atoms with Crippen molar-refractivity contribution in [2.24, 2.45) is 0 Å². The third-order valence-corrected chi connectivity index (χ3v) is 14.6. The third-order valence-electron chi connectivity index (χ3n) is 13.0. The minimum absolute atomic E-state index is 0.0397. The second kappa shape index (κ2) is 12.8. The van der Waals surface area contributed by atoms with Crippen molar-refractivity contribution in [3.8, 4) is 22.3 Å². The number of thiophene rings is 1. The number of anilines is 6. The largest absolute Gasteiger partial charge is 0.311 e. The molecule has 0 saturated heterocycles. The van der Waals surface area contributed by atoms with Crippen molar-refractivity contribution < 1.29 is 0 Å². The molecule has 1 aliphatic carbocycles. The highest BCUT2D eigenvalue weighted by Crippen LogP contribution is 2.56. The lowest BCUT2D eigenvalue weighted by Crippen LogP contribution is -2.60. The molecule has 10 rings (SSSR count). The minimum atomic E-state index is 0.0397. The van der Waals surface area contributed by atoms with Crippen LogP contribution in [0, 0.1) is 6.92 Å². The second-order valence-corrected chi connectivity index (χ2v) is 20.0. The molecule has 4 heteroatoms. The average Bonchev–Trinajstić information content (AvgIpc) is 3.63. The fraction of sp³-hybridized carbons (Fsp3) is 0.245. The van der Waals surface area contributed by atoms with E-state index in [4.69, 9.17) is 0 Å². The molecule has 0 atom stereocenters. The first-order chi connectivity index (χ1) is 27.3. The Morgan fingerprint density at radius 2 is 1.19 bits per heavy atom. The summed E-state index contributed by atoms with van der Waals surface area (Å²) in [5.74, 6) is 0. The van der Waals surface area contributed by atoms with E-state index in [0.29, 0.717) is 0 Å². The van der Waals surface area contributed by atoms with Crippen molar-refractivity contribution in [3.63, 3.8) is 0 Å². The molecular formula is C53H51BN2S. The van der Waals surface area contributed by atoms with Gasteiger partial charge in [-0.3, -0.25) is 0 Å². The van der Waals surface area contributed by atoms with Crippen molar-refractivity contribution >= 4 is 67.9 Å². The van der Waals surface area contributed by atoms with E-state index in [1.807, 2.05) is 0 Å². The Morgan fingerprint density at radius 1 is 0.579 bits per heavy atom. The van der Waals surface area contributed by atoms with E-state index in [1.54, 1.807) is 10.4 Å². The maximum absolute atomic E-state index is 2.67. The summed E-state index contributed by atoms with van der Waals surface area (Å²) in [5.41, 5.74) is 19.7. The molecule has 0 fully saturated rings. The predicted molar refractivity (Wildman–Crippen MR) is 248 cm³/mol. The number of nitrogens with zero attached hydrogens (tertiary/aromatic N) is 2. The molecule has 0 N–H and O–H groups in total. The maximum Gasteiger partial charge on any atom is 0.264 e. The maximum atomic E-state index is 2.67. The van der Waals surface area contributed by atoms with Gasteiger partial charge in [-0.25, -0.2) is 0 Å². The Hall–Kier alpha value is -5.32. The summed E-state index contributed by atoms with van der Waals surface area (Å²) in [6, 6.07) is 52.5. The molecule has 2 aliphatic heterocycles. The van der Waals surface area contributed by atoms with E-state index in [-0.39, 0.29) is 23.0 Å².